The molecule has 0 radical (unpaired) electrons. The van der Waals surface area contributed by atoms with Crippen LogP contribution in [0.4, 0.5) is 4.79 Å². The van der Waals surface area contributed by atoms with E-state index in [4.69, 9.17) is 9.47 Å². The SMILES string of the molecule is CN1C(=O)C(=O)N(CC(=O)N2CCN(S(=O)(=O)c3ccc4c(c3)OCCCO4)CC2)C1=O. The molecule has 5 amide bonds. The fourth-order valence-corrected chi connectivity index (χ4v) is 5.06. The maximum Gasteiger partial charge on any atom is 0.334 e. The monoisotopic (exact) mass is 466 g/mol. The van der Waals surface area contributed by atoms with E-state index in [2.05, 4.69) is 0 Å². The Morgan fingerprint density at radius 3 is 2.25 bits per heavy atom. The summed E-state index contributed by atoms with van der Waals surface area (Å²) in [6.07, 6.45) is 0.700. The number of piperazine rings is 1. The zero-order chi connectivity index (χ0) is 23.0. The zero-order valence-electron chi connectivity index (χ0n) is 17.4. The van der Waals surface area contributed by atoms with Gasteiger partial charge >= 0.3 is 17.8 Å². The van der Waals surface area contributed by atoms with Crippen LogP contribution in [0.15, 0.2) is 23.1 Å². The number of carbonyl (C=O) groups is 4. The van der Waals surface area contributed by atoms with Gasteiger partial charge < -0.3 is 14.4 Å². The van der Waals surface area contributed by atoms with Crippen LogP contribution in [0.3, 0.4) is 0 Å². The van der Waals surface area contributed by atoms with Gasteiger partial charge in [-0.3, -0.25) is 19.3 Å². The summed E-state index contributed by atoms with van der Waals surface area (Å²) in [5, 5.41) is 0. The number of hydrogen-bond acceptors (Lipinski definition) is 8. The van der Waals surface area contributed by atoms with Crippen molar-refractivity contribution in [3.8, 4) is 11.5 Å². The van der Waals surface area contributed by atoms with E-state index in [9.17, 15) is 27.6 Å². The lowest BCUT2D eigenvalue weighted by molar-refractivity contribution is -0.144. The smallest absolute Gasteiger partial charge is 0.334 e. The highest BCUT2D eigenvalue weighted by Crippen LogP contribution is 2.33. The van der Waals surface area contributed by atoms with Crippen molar-refractivity contribution >= 4 is 33.8 Å². The Labute approximate surface area is 184 Å². The van der Waals surface area contributed by atoms with Crippen LogP contribution in [0.1, 0.15) is 6.42 Å². The van der Waals surface area contributed by atoms with Gasteiger partial charge in [0.15, 0.2) is 11.5 Å². The van der Waals surface area contributed by atoms with Gasteiger partial charge in [-0.15, -0.1) is 0 Å². The predicted octanol–water partition coefficient (Wildman–Crippen LogP) is -0.899. The molecule has 4 rings (SSSR count). The standard InChI is InChI=1S/C19H22N4O8S/c1-20-17(25)18(26)23(19(20)27)12-16(24)21-5-7-22(8-6-21)32(28,29)13-3-4-14-15(11-13)31-10-2-9-30-14/h3-4,11H,2,5-10,12H2,1H3. The first-order valence-corrected chi connectivity index (χ1v) is 11.5. The molecule has 0 atom stereocenters. The molecule has 1 aromatic rings. The van der Waals surface area contributed by atoms with Crippen LogP contribution in [0.2, 0.25) is 0 Å². The van der Waals surface area contributed by atoms with E-state index in [0.717, 1.165) is 7.05 Å². The molecule has 0 N–H and O–H groups in total. The molecule has 2 saturated heterocycles. The van der Waals surface area contributed by atoms with E-state index >= 15 is 0 Å². The third kappa shape index (κ3) is 3.88. The van der Waals surface area contributed by atoms with Crippen molar-refractivity contribution in [1.82, 2.24) is 19.0 Å². The number of rotatable bonds is 4. The molecule has 0 saturated carbocycles. The maximum atomic E-state index is 13.1. The highest BCUT2D eigenvalue weighted by atomic mass is 32.2. The summed E-state index contributed by atoms with van der Waals surface area (Å²) in [6, 6.07) is 3.60. The van der Waals surface area contributed by atoms with Crippen molar-refractivity contribution < 1.29 is 37.1 Å². The first-order chi connectivity index (χ1) is 15.2. The number of carbonyl (C=O) groups excluding carboxylic acids is 4. The molecule has 3 aliphatic rings. The molecule has 172 valence electrons. The lowest BCUT2D eigenvalue weighted by Crippen LogP contribution is -2.53. The molecular formula is C19H22N4O8S. The first-order valence-electron chi connectivity index (χ1n) is 10.0. The number of hydrogen-bond donors (Lipinski definition) is 0. The minimum absolute atomic E-state index is 0.0449. The highest BCUT2D eigenvalue weighted by molar-refractivity contribution is 7.89. The van der Waals surface area contributed by atoms with Gasteiger partial charge in [0, 0.05) is 45.7 Å². The quantitative estimate of drug-likeness (QED) is 0.412. The van der Waals surface area contributed by atoms with Crippen molar-refractivity contribution in [2.75, 3.05) is 53.0 Å². The van der Waals surface area contributed by atoms with Gasteiger partial charge in [0.05, 0.1) is 18.1 Å². The molecule has 0 unspecified atom stereocenters. The maximum absolute atomic E-state index is 13.1. The summed E-state index contributed by atoms with van der Waals surface area (Å²) < 4.78 is 38.5. The Morgan fingerprint density at radius 2 is 1.62 bits per heavy atom. The number of ether oxygens (including phenoxy) is 2. The molecule has 12 nitrogen and oxygen atoms in total. The summed E-state index contributed by atoms with van der Waals surface area (Å²) in [4.78, 5) is 50.6. The Bertz CT molecular complexity index is 1080. The third-order valence-electron chi connectivity index (χ3n) is 5.49. The average molecular weight is 466 g/mol. The number of likely N-dealkylation sites (N-methyl/N-ethyl adjacent to an activating group) is 1. The van der Waals surface area contributed by atoms with Crippen LogP contribution in [0.5, 0.6) is 11.5 Å². The van der Waals surface area contributed by atoms with E-state index in [1.165, 1.54) is 21.3 Å². The normalized spacial score (nSPS) is 20.0. The van der Waals surface area contributed by atoms with Crippen LogP contribution in [0, 0.1) is 0 Å². The molecular weight excluding hydrogens is 444 g/mol. The zero-order valence-corrected chi connectivity index (χ0v) is 18.2. The largest absolute Gasteiger partial charge is 0.490 e. The summed E-state index contributed by atoms with van der Waals surface area (Å²) in [6.45, 7) is 0.620. The van der Waals surface area contributed by atoms with Gasteiger partial charge in [0.1, 0.15) is 6.54 Å². The van der Waals surface area contributed by atoms with Crippen molar-refractivity contribution in [3.63, 3.8) is 0 Å². The minimum Gasteiger partial charge on any atom is -0.490 e. The summed E-state index contributed by atoms with van der Waals surface area (Å²) >= 11 is 0. The topological polar surface area (TPSA) is 134 Å². The number of urea groups is 1. The number of benzene rings is 1. The second-order valence-electron chi connectivity index (χ2n) is 7.48. The van der Waals surface area contributed by atoms with Gasteiger partial charge in [0.2, 0.25) is 15.9 Å². The second kappa shape index (κ2) is 8.39. The molecule has 1 aromatic carbocycles. The Kier molecular flexibility index (Phi) is 5.77. The summed E-state index contributed by atoms with van der Waals surface area (Å²) in [7, 11) is -2.66. The van der Waals surface area contributed by atoms with E-state index in [0.29, 0.717) is 40.9 Å². The fourth-order valence-electron chi connectivity index (χ4n) is 3.62. The van der Waals surface area contributed by atoms with E-state index in [1.807, 2.05) is 0 Å². The number of nitrogens with zero attached hydrogens (tertiary/aromatic N) is 4. The van der Waals surface area contributed by atoms with Crippen molar-refractivity contribution in [2.24, 2.45) is 0 Å². The lowest BCUT2D eigenvalue weighted by atomic mass is 10.3. The Morgan fingerprint density at radius 1 is 0.969 bits per heavy atom. The van der Waals surface area contributed by atoms with E-state index in [-0.39, 0.29) is 31.1 Å². The van der Waals surface area contributed by atoms with Crippen LogP contribution >= 0.6 is 0 Å². The van der Waals surface area contributed by atoms with Crippen LogP contribution in [0.25, 0.3) is 0 Å². The molecule has 13 heteroatoms. The number of amides is 5. The van der Waals surface area contributed by atoms with Crippen LogP contribution < -0.4 is 9.47 Å². The fraction of sp³-hybridized carbons (Fsp3) is 0.474. The predicted molar refractivity (Wildman–Crippen MR) is 107 cm³/mol. The van der Waals surface area contributed by atoms with Crippen molar-refractivity contribution in [2.45, 2.75) is 11.3 Å². The van der Waals surface area contributed by atoms with Crippen LogP contribution in [-0.2, 0) is 24.4 Å². The van der Waals surface area contributed by atoms with Gasteiger partial charge in [0.25, 0.3) is 0 Å². The molecule has 0 aromatic heterocycles. The van der Waals surface area contributed by atoms with Gasteiger partial charge in [-0.1, -0.05) is 0 Å². The molecule has 0 bridgehead atoms. The first kappa shape index (κ1) is 22.0. The molecule has 0 spiro atoms. The summed E-state index contributed by atoms with van der Waals surface area (Å²) in [5.74, 6) is -1.72. The Hall–Kier alpha value is -3.19. The number of fused-ring (bicyclic) bond motifs is 1. The second-order valence-corrected chi connectivity index (χ2v) is 9.42. The highest BCUT2D eigenvalue weighted by Gasteiger charge is 2.43. The summed E-state index contributed by atoms with van der Waals surface area (Å²) in [5.41, 5.74) is 0. The molecule has 3 heterocycles. The molecule has 3 aliphatic heterocycles. The molecule has 32 heavy (non-hydrogen) atoms. The minimum atomic E-state index is -3.82. The van der Waals surface area contributed by atoms with Crippen LogP contribution in [-0.4, -0.2) is 104 Å². The number of imide groups is 2. The third-order valence-corrected chi connectivity index (χ3v) is 7.39. The molecule has 2 fully saturated rings. The van der Waals surface area contributed by atoms with Gasteiger partial charge in [-0.05, 0) is 12.1 Å². The lowest BCUT2D eigenvalue weighted by Gasteiger charge is -2.34. The number of sulfonamides is 1. The van der Waals surface area contributed by atoms with Gasteiger partial charge in [-0.25, -0.2) is 18.1 Å². The van der Waals surface area contributed by atoms with Gasteiger partial charge in [-0.2, -0.15) is 4.31 Å². The van der Waals surface area contributed by atoms with Crippen molar-refractivity contribution in [1.29, 1.82) is 0 Å². The van der Waals surface area contributed by atoms with E-state index < -0.39 is 40.3 Å². The van der Waals surface area contributed by atoms with E-state index in [1.54, 1.807) is 6.07 Å². The average Bonchev–Trinajstić information content (AvgIpc) is 2.98. The Balaban J connectivity index is 1.39. The molecule has 0 aliphatic carbocycles. The van der Waals surface area contributed by atoms with Crippen molar-refractivity contribution in [3.05, 3.63) is 18.2 Å².